The molecule has 0 spiro atoms. The maximum atomic E-state index is 12.3. The van der Waals surface area contributed by atoms with Crippen molar-refractivity contribution in [3.8, 4) is 0 Å². The van der Waals surface area contributed by atoms with E-state index in [1.165, 1.54) is 5.56 Å². The van der Waals surface area contributed by atoms with Gasteiger partial charge in [0.05, 0.1) is 0 Å². The quantitative estimate of drug-likeness (QED) is 0.633. The number of para-hydroxylation sites is 1. The van der Waals surface area contributed by atoms with Gasteiger partial charge in [0.2, 0.25) is 0 Å². The molecule has 2 heteroatoms. The molecule has 21 heavy (non-hydrogen) atoms. The predicted octanol–water partition coefficient (Wildman–Crippen LogP) is 4.70. The molecule has 0 amide bonds. The van der Waals surface area contributed by atoms with E-state index < -0.39 is 0 Å². The van der Waals surface area contributed by atoms with Crippen LogP contribution >= 0.6 is 0 Å². The number of rotatable bonds is 5. The lowest BCUT2D eigenvalue weighted by molar-refractivity contribution is 0.0944. The Kier molecular flexibility index (Phi) is 3.87. The number of hydrogen-bond acceptors (Lipinski definition) is 2. The van der Waals surface area contributed by atoms with Crippen molar-refractivity contribution in [1.82, 2.24) is 0 Å². The Hall–Kier alpha value is -2.35. The molecule has 2 nitrogen and oxygen atoms in total. The van der Waals surface area contributed by atoms with Gasteiger partial charge in [0, 0.05) is 11.8 Å². The molecule has 0 N–H and O–H groups in total. The Labute approximate surface area is 124 Å². The minimum atomic E-state index is 0.0159. The van der Waals surface area contributed by atoms with Gasteiger partial charge in [0.25, 0.3) is 0 Å². The van der Waals surface area contributed by atoms with Gasteiger partial charge < -0.3 is 4.42 Å². The van der Waals surface area contributed by atoms with E-state index in [1.807, 2.05) is 48.5 Å². The van der Waals surface area contributed by atoms with Gasteiger partial charge in [-0.2, -0.15) is 0 Å². The topological polar surface area (TPSA) is 30.2 Å². The number of ketones is 1. The molecule has 0 aliphatic heterocycles. The van der Waals surface area contributed by atoms with Gasteiger partial charge in [-0.1, -0.05) is 48.5 Å². The summed E-state index contributed by atoms with van der Waals surface area (Å²) < 4.78 is 5.60. The third-order valence-corrected chi connectivity index (χ3v) is 3.54. The second kappa shape index (κ2) is 5.96. The smallest absolute Gasteiger partial charge is 0.198 e. The molecule has 1 atom stereocenters. The molecule has 0 bridgehead atoms. The van der Waals surface area contributed by atoms with Crippen LogP contribution in [0.15, 0.2) is 65.1 Å². The van der Waals surface area contributed by atoms with E-state index in [1.54, 1.807) is 0 Å². The van der Waals surface area contributed by atoms with Gasteiger partial charge in [-0.25, -0.2) is 0 Å². The van der Waals surface area contributed by atoms with E-state index in [9.17, 15) is 4.79 Å². The summed E-state index contributed by atoms with van der Waals surface area (Å²) in [6.07, 6.45) is 1.20. The van der Waals surface area contributed by atoms with Gasteiger partial charge in [0.15, 0.2) is 11.5 Å². The highest BCUT2D eigenvalue weighted by molar-refractivity contribution is 5.97. The molecular weight excluding hydrogens is 260 g/mol. The van der Waals surface area contributed by atoms with Crippen molar-refractivity contribution >= 4 is 16.8 Å². The van der Waals surface area contributed by atoms with E-state index in [4.69, 9.17) is 4.42 Å². The van der Waals surface area contributed by atoms with E-state index in [-0.39, 0.29) is 11.7 Å². The third-order valence-electron chi connectivity index (χ3n) is 3.54. The average Bonchev–Trinajstić information content (AvgIpc) is 2.92. The van der Waals surface area contributed by atoms with Crippen LogP contribution in [-0.4, -0.2) is 5.78 Å². The van der Waals surface area contributed by atoms with Gasteiger partial charge in [-0.3, -0.25) is 4.79 Å². The minimum Gasteiger partial charge on any atom is -0.453 e. The van der Waals surface area contributed by atoms with Crippen molar-refractivity contribution in [2.75, 3.05) is 0 Å². The average molecular weight is 277 g/mol. The molecule has 1 aromatic heterocycles. The fourth-order valence-electron chi connectivity index (χ4n) is 2.50. The van der Waals surface area contributed by atoms with Gasteiger partial charge >= 0.3 is 0 Å². The van der Waals surface area contributed by atoms with Crippen LogP contribution in [0, 0.1) is 12.8 Å². The number of carbonyl (C=O) groups excluding carboxylic acids is 1. The van der Waals surface area contributed by atoms with Crippen molar-refractivity contribution in [2.45, 2.75) is 12.8 Å². The van der Waals surface area contributed by atoms with E-state index in [0.717, 1.165) is 17.4 Å². The van der Waals surface area contributed by atoms with E-state index in [2.05, 4.69) is 19.1 Å². The van der Waals surface area contributed by atoms with E-state index >= 15 is 0 Å². The van der Waals surface area contributed by atoms with Gasteiger partial charge in [-0.05, 0) is 37.0 Å². The van der Waals surface area contributed by atoms with Crippen molar-refractivity contribution in [2.24, 2.45) is 5.92 Å². The first-order valence-corrected chi connectivity index (χ1v) is 7.11. The van der Waals surface area contributed by atoms with Crippen molar-refractivity contribution in [1.29, 1.82) is 0 Å². The van der Waals surface area contributed by atoms with Crippen LogP contribution in [0.2, 0.25) is 0 Å². The number of carbonyl (C=O) groups is 1. The molecule has 105 valence electrons. The van der Waals surface area contributed by atoms with Crippen LogP contribution in [0.25, 0.3) is 11.0 Å². The molecule has 1 unspecified atom stereocenters. The minimum absolute atomic E-state index is 0.0159. The van der Waals surface area contributed by atoms with Crippen LogP contribution < -0.4 is 0 Å². The zero-order valence-electron chi connectivity index (χ0n) is 11.8. The lowest BCUT2D eigenvalue weighted by atomic mass is 9.95. The highest BCUT2D eigenvalue weighted by atomic mass is 16.3. The van der Waals surface area contributed by atoms with Crippen LogP contribution in [0.4, 0.5) is 0 Å². The number of furan rings is 1. The summed E-state index contributed by atoms with van der Waals surface area (Å²) in [5.74, 6) is 0.494. The number of hydrogen-bond donors (Lipinski definition) is 0. The lowest BCUT2D eigenvalue weighted by Crippen LogP contribution is -2.08. The predicted molar refractivity (Wildman–Crippen MR) is 84.2 cm³/mol. The van der Waals surface area contributed by atoms with Crippen molar-refractivity contribution < 1.29 is 9.21 Å². The monoisotopic (exact) mass is 277 g/mol. The molecule has 2 aromatic carbocycles. The summed E-state index contributed by atoms with van der Waals surface area (Å²) >= 11 is 0. The molecule has 0 aliphatic carbocycles. The van der Waals surface area contributed by atoms with Gasteiger partial charge in [0.1, 0.15) is 5.58 Å². The van der Waals surface area contributed by atoms with Gasteiger partial charge in [-0.15, -0.1) is 0 Å². The molecule has 0 saturated carbocycles. The molecule has 3 aromatic rings. The number of fused-ring (bicyclic) bond motifs is 1. The van der Waals surface area contributed by atoms with Crippen LogP contribution in [0.3, 0.4) is 0 Å². The van der Waals surface area contributed by atoms with Crippen molar-refractivity contribution in [3.05, 3.63) is 78.9 Å². The second-order valence-corrected chi connectivity index (χ2v) is 5.33. The number of benzene rings is 2. The lowest BCUT2D eigenvalue weighted by Gasteiger charge is -2.09. The molecule has 3 rings (SSSR count). The summed E-state index contributed by atoms with van der Waals surface area (Å²) in [7, 11) is 0. The number of Topliss-reactive ketones (excluding diaryl/α,β-unsaturated/α-hetero) is 1. The Morgan fingerprint density at radius 1 is 1.05 bits per heavy atom. The third kappa shape index (κ3) is 3.22. The largest absolute Gasteiger partial charge is 0.453 e. The first-order valence-electron chi connectivity index (χ1n) is 7.11. The summed E-state index contributed by atoms with van der Waals surface area (Å²) in [6, 6.07) is 19.6. The zero-order chi connectivity index (χ0) is 14.7. The fraction of sp³-hybridized carbons (Fsp3) is 0.158. The maximum Gasteiger partial charge on any atom is 0.198 e. The van der Waals surface area contributed by atoms with Crippen LogP contribution in [-0.2, 0) is 6.42 Å². The summed E-state index contributed by atoms with van der Waals surface area (Å²) in [4.78, 5) is 12.3. The summed E-state index contributed by atoms with van der Waals surface area (Å²) in [5, 5.41) is 0.963. The highest BCUT2D eigenvalue weighted by Crippen LogP contribution is 2.22. The normalized spacial score (nSPS) is 12.4. The second-order valence-electron chi connectivity index (χ2n) is 5.33. The molecule has 1 radical (unpaired) electrons. The Bertz CT molecular complexity index is 707. The molecule has 1 heterocycles. The molecular formula is C19H17O2. The molecule has 0 aliphatic rings. The summed E-state index contributed by atoms with van der Waals surface area (Å²) in [5.41, 5.74) is 1.96. The van der Waals surface area contributed by atoms with E-state index in [0.29, 0.717) is 12.2 Å². The maximum absolute atomic E-state index is 12.3. The summed E-state index contributed by atoms with van der Waals surface area (Å²) in [6.45, 7) is 4.09. The van der Waals surface area contributed by atoms with Crippen LogP contribution in [0.1, 0.15) is 22.5 Å². The first-order chi connectivity index (χ1) is 10.2. The SMILES string of the molecule is [CH2]C(CC(=O)c1cc2ccccc2o1)Cc1ccccc1. The van der Waals surface area contributed by atoms with Crippen LogP contribution in [0.5, 0.6) is 0 Å². The Balaban J connectivity index is 1.68. The molecule has 0 fully saturated rings. The first kappa shape index (κ1) is 13.6. The highest BCUT2D eigenvalue weighted by Gasteiger charge is 2.16. The Morgan fingerprint density at radius 3 is 2.52 bits per heavy atom. The van der Waals surface area contributed by atoms with Crippen molar-refractivity contribution in [3.63, 3.8) is 0 Å². The zero-order valence-corrected chi connectivity index (χ0v) is 11.8. The standard InChI is InChI=1S/C19H17O2/c1-14(11-15-7-3-2-4-8-15)12-17(20)19-13-16-9-5-6-10-18(16)21-19/h2-10,13-14H,1,11-12H2. The fourth-order valence-corrected chi connectivity index (χ4v) is 2.50. The molecule has 0 saturated heterocycles. The Morgan fingerprint density at radius 2 is 1.76 bits per heavy atom.